The van der Waals surface area contributed by atoms with E-state index in [9.17, 15) is 0 Å². The Bertz CT molecular complexity index is 299. The van der Waals surface area contributed by atoms with Crippen LogP contribution in [0.15, 0.2) is 0 Å². The molecule has 0 saturated heterocycles. The Balaban J connectivity index is 2.79. The number of anilines is 2. The van der Waals surface area contributed by atoms with Crippen LogP contribution in [0.2, 0.25) is 0 Å². The molecule has 0 aliphatic rings. The molecule has 1 rings (SSSR count). The molecule has 1 aromatic rings. The van der Waals surface area contributed by atoms with E-state index in [0.717, 1.165) is 0 Å². The van der Waals surface area contributed by atoms with Crippen molar-refractivity contribution >= 4 is 11.6 Å². The zero-order valence-corrected chi connectivity index (χ0v) is 6.33. The summed E-state index contributed by atoms with van der Waals surface area (Å²) >= 11 is 0. The summed E-state index contributed by atoms with van der Waals surface area (Å²) in [5.41, 5.74) is 5.66. The van der Waals surface area contributed by atoms with Crippen molar-refractivity contribution in [2.24, 2.45) is 0 Å². The minimum Gasteiger partial charge on any atom is -0.395 e. The number of aliphatic hydroxyl groups excluding tert-OH is 1. The maximum atomic E-state index is 8.59. The minimum absolute atomic E-state index is 0.0162. The summed E-state index contributed by atoms with van der Waals surface area (Å²) < 4.78 is 0. The number of nitrogens with zero attached hydrogens (tertiary/aromatic N) is 2. The summed E-state index contributed by atoms with van der Waals surface area (Å²) in [4.78, 5) is 0. The van der Waals surface area contributed by atoms with Gasteiger partial charge in [-0.3, -0.25) is 5.10 Å². The maximum Gasteiger partial charge on any atom is 0.168 e. The van der Waals surface area contributed by atoms with Crippen molar-refractivity contribution < 1.29 is 5.11 Å². The van der Waals surface area contributed by atoms with Gasteiger partial charge in [-0.05, 0) is 0 Å². The fourth-order valence-electron chi connectivity index (χ4n) is 0.771. The van der Waals surface area contributed by atoms with Gasteiger partial charge in [0.15, 0.2) is 5.82 Å². The Morgan fingerprint density at radius 2 is 2.50 bits per heavy atom. The molecule has 0 atom stereocenters. The Labute approximate surface area is 69.0 Å². The summed E-state index contributed by atoms with van der Waals surface area (Å²) in [7, 11) is 0. The summed E-state index contributed by atoms with van der Waals surface area (Å²) in [6.45, 7) is 0.330. The number of hydrogen-bond donors (Lipinski definition) is 4. The van der Waals surface area contributed by atoms with Gasteiger partial charge in [0.25, 0.3) is 0 Å². The van der Waals surface area contributed by atoms with Gasteiger partial charge in [-0.25, -0.2) is 0 Å². The Hall–Kier alpha value is -1.74. The molecule has 0 unspecified atom stereocenters. The predicted molar refractivity (Wildman–Crippen MR) is 43.3 cm³/mol. The number of H-pyrrole nitrogens is 1. The van der Waals surface area contributed by atoms with Crippen LogP contribution in [0.25, 0.3) is 0 Å². The standard InChI is InChI=1S/C6H9N5O/c7-3-4-5(8)10-11-6(4)9-1-2-12/h12H,1-2H2,(H4,8,9,10,11). The first kappa shape index (κ1) is 8.36. The number of nitriles is 1. The minimum atomic E-state index is -0.0162. The molecular formula is C6H9N5O. The number of nitrogens with two attached hydrogens (primary N) is 1. The third-order valence-corrected chi connectivity index (χ3v) is 1.31. The summed E-state index contributed by atoms with van der Waals surface area (Å²) in [6, 6.07) is 1.89. The predicted octanol–water partition coefficient (Wildman–Crippen LogP) is -0.732. The first-order valence-electron chi connectivity index (χ1n) is 3.38. The van der Waals surface area contributed by atoms with Crippen LogP contribution in [0.1, 0.15) is 5.56 Å². The molecule has 6 nitrogen and oxygen atoms in total. The van der Waals surface area contributed by atoms with E-state index in [2.05, 4.69) is 15.5 Å². The molecule has 0 saturated carbocycles. The molecule has 0 aliphatic carbocycles. The smallest absolute Gasteiger partial charge is 0.168 e. The highest BCUT2D eigenvalue weighted by atomic mass is 16.3. The second kappa shape index (κ2) is 3.59. The SMILES string of the molecule is N#Cc1c(NCCO)n[nH]c1N. The summed E-state index contributed by atoms with van der Waals surface area (Å²) in [6.07, 6.45) is 0. The second-order valence-electron chi connectivity index (χ2n) is 2.12. The lowest BCUT2D eigenvalue weighted by atomic mass is 10.3. The molecule has 1 aromatic heterocycles. The van der Waals surface area contributed by atoms with Crippen LogP contribution in [0.4, 0.5) is 11.6 Å². The van der Waals surface area contributed by atoms with E-state index < -0.39 is 0 Å². The van der Waals surface area contributed by atoms with Crippen LogP contribution in [0, 0.1) is 11.3 Å². The molecule has 0 spiro atoms. The molecule has 12 heavy (non-hydrogen) atoms. The number of nitrogen functional groups attached to an aromatic ring is 1. The first-order chi connectivity index (χ1) is 5.79. The number of rotatable bonds is 3. The van der Waals surface area contributed by atoms with Gasteiger partial charge in [0.2, 0.25) is 0 Å². The Kier molecular flexibility index (Phi) is 2.50. The van der Waals surface area contributed by atoms with Crippen LogP contribution in [0.5, 0.6) is 0 Å². The van der Waals surface area contributed by atoms with E-state index in [4.69, 9.17) is 16.1 Å². The van der Waals surface area contributed by atoms with E-state index in [1.165, 1.54) is 0 Å². The van der Waals surface area contributed by atoms with Gasteiger partial charge in [-0.2, -0.15) is 10.4 Å². The molecule has 64 valence electrons. The summed E-state index contributed by atoms with van der Waals surface area (Å²) in [5, 5.41) is 26.0. The fourth-order valence-corrected chi connectivity index (χ4v) is 0.771. The fraction of sp³-hybridized carbons (Fsp3) is 0.333. The maximum absolute atomic E-state index is 8.59. The van der Waals surface area contributed by atoms with E-state index in [-0.39, 0.29) is 18.0 Å². The van der Waals surface area contributed by atoms with Crippen molar-refractivity contribution in [3.8, 4) is 6.07 Å². The van der Waals surface area contributed by atoms with Gasteiger partial charge in [0, 0.05) is 6.54 Å². The van der Waals surface area contributed by atoms with Gasteiger partial charge in [-0.15, -0.1) is 0 Å². The van der Waals surface area contributed by atoms with Gasteiger partial charge in [-0.1, -0.05) is 0 Å². The van der Waals surface area contributed by atoms with Crippen molar-refractivity contribution in [1.29, 1.82) is 5.26 Å². The van der Waals surface area contributed by atoms with Crippen molar-refractivity contribution in [1.82, 2.24) is 10.2 Å². The number of aromatic nitrogens is 2. The highest BCUT2D eigenvalue weighted by molar-refractivity contribution is 5.62. The van der Waals surface area contributed by atoms with Crippen LogP contribution in [-0.4, -0.2) is 28.5 Å². The number of aliphatic hydroxyl groups is 1. The molecule has 6 heteroatoms. The van der Waals surface area contributed by atoms with Gasteiger partial charge < -0.3 is 16.2 Å². The first-order valence-corrected chi connectivity index (χ1v) is 3.38. The van der Waals surface area contributed by atoms with Gasteiger partial charge >= 0.3 is 0 Å². The molecule has 0 aromatic carbocycles. The molecule has 0 amide bonds. The topological polar surface area (TPSA) is 111 Å². The third-order valence-electron chi connectivity index (χ3n) is 1.31. The Morgan fingerprint density at radius 3 is 3.08 bits per heavy atom. The van der Waals surface area contributed by atoms with E-state index in [1.807, 2.05) is 6.07 Å². The lowest BCUT2D eigenvalue weighted by Crippen LogP contribution is -2.06. The largest absolute Gasteiger partial charge is 0.395 e. The molecule has 1 heterocycles. The zero-order chi connectivity index (χ0) is 8.97. The summed E-state index contributed by atoms with van der Waals surface area (Å²) in [5.74, 6) is 0.613. The molecular weight excluding hydrogens is 158 g/mol. The number of aromatic amines is 1. The average molecular weight is 167 g/mol. The van der Waals surface area contributed by atoms with Crippen LogP contribution >= 0.6 is 0 Å². The normalized spacial score (nSPS) is 9.33. The lowest BCUT2D eigenvalue weighted by molar-refractivity contribution is 0.311. The molecule has 0 fully saturated rings. The molecule has 0 bridgehead atoms. The number of hydrogen-bond acceptors (Lipinski definition) is 5. The second-order valence-corrected chi connectivity index (χ2v) is 2.12. The van der Waals surface area contributed by atoms with E-state index in [0.29, 0.717) is 12.4 Å². The number of nitrogens with one attached hydrogen (secondary N) is 2. The Morgan fingerprint density at radius 1 is 1.75 bits per heavy atom. The van der Waals surface area contributed by atoms with Crippen molar-refractivity contribution in [3.63, 3.8) is 0 Å². The van der Waals surface area contributed by atoms with Crippen LogP contribution in [0.3, 0.4) is 0 Å². The van der Waals surface area contributed by atoms with Crippen molar-refractivity contribution in [2.45, 2.75) is 0 Å². The monoisotopic (exact) mass is 167 g/mol. The van der Waals surface area contributed by atoms with Crippen LogP contribution in [-0.2, 0) is 0 Å². The van der Waals surface area contributed by atoms with Crippen molar-refractivity contribution in [3.05, 3.63) is 5.56 Å². The van der Waals surface area contributed by atoms with Gasteiger partial charge in [0.1, 0.15) is 17.5 Å². The highest BCUT2D eigenvalue weighted by Crippen LogP contribution is 2.15. The molecule has 0 radical (unpaired) electrons. The van der Waals surface area contributed by atoms with Crippen molar-refractivity contribution in [2.75, 3.05) is 24.2 Å². The highest BCUT2D eigenvalue weighted by Gasteiger charge is 2.08. The average Bonchev–Trinajstić information content (AvgIpc) is 2.43. The van der Waals surface area contributed by atoms with Crippen LogP contribution < -0.4 is 11.1 Å². The van der Waals surface area contributed by atoms with E-state index in [1.54, 1.807) is 0 Å². The lowest BCUT2D eigenvalue weighted by Gasteiger charge is -1.97. The molecule has 0 aliphatic heterocycles. The zero-order valence-electron chi connectivity index (χ0n) is 6.33. The van der Waals surface area contributed by atoms with E-state index >= 15 is 0 Å². The molecule has 5 N–H and O–H groups in total. The van der Waals surface area contributed by atoms with Gasteiger partial charge in [0.05, 0.1) is 6.61 Å². The third kappa shape index (κ3) is 1.46. The quantitative estimate of drug-likeness (QED) is 0.474.